The second kappa shape index (κ2) is 7.88. The number of nitrogens with one attached hydrogen (secondary N) is 1. The number of oxazole rings is 1. The molecule has 9 heteroatoms. The highest BCUT2D eigenvalue weighted by atomic mass is 35.5. The van der Waals surface area contributed by atoms with Gasteiger partial charge in [0, 0.05) is 23.7 Å². The van der Waals surface area contributed by atoms with Crippen molar-refractivity contribution in [1.82, 2.24) is 4.98 Å². The largest absolute Gasteiger partial charge is 0.452 e. The van der Waals surface area contributed by atoms with E-state index in [9.17, 15) is 14.9 Å². The van der Waals surface area contributed by atoms with Crippen LogP contribution in [0.4, 0.5) is 11.4 Å². The summed E-state index contributed by atoms with van der Waals surface area (Å²) in [5.74, 6) is -0.00614. The van der Waals surface area contributed by atoms with Gasteiger partial charge < -0.3 is 14.5 Å². The summed E-state index contributed by atoms with van der Waals surface area (Å²) in [4.78, 5) is 26.7. The molecule has 138 valence electrons. The van der Waals surface area contributed by atoms with E-state index in [1.807, 2.05) is 0 Å². The molecule has 0 fully saturated rings. The molecular weight excluding hydrogens is 374 g/mol. The van der Waals surface area contributed by atoms with Gasteiger partial charge in [0.2, 0.25) is 5.89 Å². The Kier molecular flexibility index (Phi) is 5.37. The molecule has 0 atom stereocenters. The van der Waals surface area contributed by atoms with Crippen LogP contribution in [-0.4, -0.2) is 22.9 Å². The number of hydrogen-bond acceptors (Lipinski definition) is 7. The first-order chi connectivity index (χ1) is 13.0. The number of hydrogen-bond donors (Lipinski definition) is 1. The van der Waals surface area contributed by atoms with E-state index in [2.05, 4.69) is 10.3 Å². The summed E-state index contributed by atoms with van der Waals surface area (Å²) in [5, 5.41) is 14.4. The van der Waals surface area contributed by atoms with Crippen molar-refractivity contribution in [3.8, 4) is 11.3 Å². The number of halogens is 1. The Morgan fingerprint density at radius 1 is 1.30 bits per heavy atom. The molecule has 1 heterocycles. The third-order valence-electron chi connectivity index (χ3n) is 3.71. The lowest BCUT2D eigenvalue weighted by Crippen LogP contribution is -2.07. The predicted octanol–water partition coefficient (Wildman–Crippen LogP) is 4.30. The molecule has 1 N–H and O–H groups in total. The summed E-state index contributed by atoms with van der Waals surface area (Å²) in [5.41, 5.74) is 0.929. The van der Waals surface area contributed by atoms with Crippen molar-refractivity contribution in [2.75, 3.05) is 12.4 Å². The maximum absolute atomic E-state index is 12.2. The summed E-state index contributed by atoms with van der Waals surface area (Å²) < 4.78 is 10.7. The Labute approximate surface area is 158 Å². The van der Waals surface area contributed by atoms with Crippen molar-refractivity contribution < 1.29 is 18.9 Å². The van der Waals surface area contributed by atoms with Crippen LogP contribution < -0.4 is 5.32 Å². The van der Waals surface area contributed by atoms with Crippen LogP contribution in [0.25, 0.3) is 11.3 Å². The first-order valence-corrected chi connectivity index (χ1v) is 8.19. The molecule has 1 aromatic heterocycles. The number of ether oxygens (including phenoxy) is 1. The van der Waals surface area contributed by atoms with Crippen LogP contribution in [0.15, 0.2) is 53.1 Å². The number of carbonyl (C=O) groups is 1. The number of benzene rings is 2. The first-order valence-electron chi connectivity index (χ1n) is 7.82. The maximum atomic E-state index is 12.2. The molecule has 8 nitrogen and oxygen atoms in total. The molecule has 0 radical (unpaired) electrons. The lowest BCUT2D eigenvalue weighted by atomic mass is 10.1. The van der Waals surface area contributed by atoms with Crippen molar-refractivity contribution in [3.05, 3.63) is 75.3 Å². The average molecular weight is 388 g/mol. The molecule has 0 amide bonds. The number of rotatable bonds is 6. The molecule has 0 saturated carbocycles. The van der Waals surface area contributed by atoms with Crippen molar-refractivity contribution >= 4 is 28.9 Å². The van der Waals surface area contributed by atoms with Gasteiger partial charge in [-0.15, -0.1) is 0 Å². The number of aromatic nitrogens is 1. The van der Waals surface area contributed by atoms with Gasteiger partial charge in [0.15, 0.2) is 12.4 Å². The number of nitro benzene ring substituents is 1. The number of carbonyl (C=O) groups excluding carboxylic acids is 1. The minimum atomic E-state index is -0.716. The predicted molar refractivity (Wildman–Crippen MR) is 98.7 cm³/mol. The average Bonchev–Trinajstić information content (AvgIpc) is 3.15. The lowest BCUT2D eigenvalue weighted by Gasteiger charge is -2.05. The summed E-state index contributed by atoms with van der Waals surface area (Å²) >= 11 is 5.85. The van der Waals surface area contributed by atoms with Gasteiger partial charge in [-0.05, 0) is 36.4 Å². The Bertz CT molecular complexity index is 985. The second-order valence-corrected chi connectivity index (χ2v) is 5.88. The van der Waals surface area contributed by atoms with Crippen LogP contribution >= 0.6 is 11.6 Å². The van der Waals surface area contributed by atoms with Gasteiger partial charge in [-0.1, -0.05) is 11.6 Å². The smallest absolute Gasteiger partial charge is 0.338 e. The quantitative estimate of drug-likeness (QED) is 0.381. The minimum Gasteiger partial charge on any atom is -0.452 e. The van der Waals surface area contributed by atoms with Gasteiger partial charge in [0.05, 0.1) is 16.7 Å². The van der Waals surface area contributed by atoms with Gasteiger partial charge in [0.1, 0.15) is 5.69 Å². The first kappa shape index (κ1) is 18.4. The monoisotopic (exact) mass is 387 g/mol. The summed E-state index contributed by atoms with van der Waals surface area (Å²) in [6.45, 7) is -0.200. The lowest BCUT2D eigenvalue weighted by molar-refractivity contribution is -0.384. The van der Waals surface area contributed by atoms with Gasteiger partial charge >= 0.3 is 5.97 Å². The molecule has 0 aliphatic carbocycles. The van der Waals surface area contributed by atoms with E-state index >= 15 is 0 Å². The van der Waals surface area contributed by atoms with Gasteiger partial charge in [-0.25, -0.2) is 9.78 Å². The number of esters is 1. The molecule has 3 rings (SSSR count). The van der Waals surface area contributed by atoms with E-state index in [0.717, 1.165) is 11.6 Å². The highest BCUT2D eigenvalue weighted by molar-refractivity contribution is 6.30. The Morgan fingerprint density at radius 3 is 2.70 bits per heavy atom. The topological polar surface area (TPSA) is 108 Å². The molecular formula is C18H14ClN3O5. The number of nitrogens with zero attached hydrogens (tertiary/aromatic N) is 2. The number of nitro groups is 1. The summed E-state index contributed by atoms with van der Waals surface area (Å²) in [6.07, 6.45) is 1.51. The molecule has 0 aliphatic heterocycles. The second-order valence-electron chi connectivity index (χ2n) is 5.44. The van der Waals surface area contributed by atoms with Crippen LogP contribution in [0.1, 0.15) is 16.2 Å². The van der Waals surface area contributed by atoms with Crippen molar-refractivity contribution in [3.63, 3.8) is 0 Å². The van der Waals surface area contributed by atoms with Crippen molar-refractivity contribution in [1.29, 1.82) is 0 Å². The van der Waals surface area contributed by atoms with Crippen LogP contribution in [0.3, 0.4) is 0 Å². The zero-order chi connectivity index (χ0) is 19.4. The molecule has 2 aromatic carbocycles. The Morgan fingerprint density at radius 2 is 2.04 bits per heavy atom. The minimum absolute atomic E-state index is 0.0604. The molecule has 27 heavy (non-hydrogen) atoms. The molecule has 3 aromatic rings. The van der Waals surface area contributed by atoms with Gasteiger partial charge in [-0.2, -0.15) is 0 Å². The Hall–Kier alpha value is -3.39. The Balaban J connectivity index is 1.68. The number of anilines is 1. The molecule has 0 aliphatic rings. The van der Waals surface area contributed by atoms with E-state index in [1.54, 1.807) is 31.3 Å². The highest BCUT2D eigenvalue weighted by Crippen LogP contribution is 2.26. The molecule has 0 spiro atoms. The zero-order valence-electron chi connectivity index (χ0n) is 14.1. The van der Waals surface area contributed by atoms with Crippen LogP contribution in [0.5, 0.6) is 0 Å². The van der Waals surface area contributed by atoms with E-state index in [0.29, 0.717) is 16.5 Å². The van der Waals surface area contributed by atoms with Crippen molar-refractivity contribution in [2.24, 2.45) is 0 Å². The zero-order valence-corrected chi connectivity index (χ0v) is 14.9. The van der Waals surface area contributed by atoms with E-state index in [-0.39, 0.29) is 23.7 Å². The summed E-state index contributed by atoms with van der Waals surface area (Å²) in [6, 6.07) is 11.0. The molecule has 0 unspecified atom stereocenters. The van der Waals surface area contributed by atoms with Gasteiger partial charge in [-0.3, -0.25) is 10.1 Å². The van der Waals surface area contributed by atoms with Crippen LogP contribution in [0, 0.1) is 10.1 Å². The van der Waals surface area contributed by atoms with E-state index in [1.165, 1.54) is 18.3 Å². The standard InChI is InChI=1S/C18H14ClN3O5/c1-20-14-7-4-12(8-15(14)22(24)25)18(23)26-10-17-21-9-16(27-17)11-2-5-13(19)6-3-11/h2-9,20H,10H2,1H3. The SMILES string of the molecule is CNc1ccc(C(=O)OCc2ncc(-c3ccc(Cl)cc3)o2)cc1[N+](=O)[O-]. The fourth-order valence-electron chi connectivity index (χ4n) is 2.36. The fraction of sp³-hybridized carbons (Fsp3) is 0.111. The fourth-order valence-corrected chi connectivity index (χ4v) is 2.48. The van der Waals surface area contributed by atoms with Crippen molar-refractivity contribution in [2.45, 2.75) is 6.61 Å². The molecule has 0 saturated heterocycles. The normalized spacial score (nSPS) is 10.4. The van der Waals surface area contributed by atoms with Crippen LogP contribution in [0.2, 0.25) is 5.02 Å². The van der Waals surface area contributed by atoms with Gasteiger partial charge in [0.25, 0.3) is 5.69 Å². The third-order valence-corrected chi connectivity index (χ3v) is 3.96. The van der Waals surface area contributed by atoms with E-state index < -0.39 is 10.9 Å². The van der Waals surface area contributed by atoms with E-state index in [4.69, 9.17) is 20.8 Å². The van der Waals surface area contributed by atoms with Crippen LogP contribution in [-0.2, 0) is 11.3 Å². The molecule has 0 bridgehead atoms. The highest BCUT2D eigenvalue weighted by Gasteiger charge is 2.18. The maximum Gasteiger partial charge on any atom is 0.338 e. The summed E-state index contributed by atoms with van der Waals surface area (Å²) in [7, 11) is 1.56. The third kappa shape index (κ3) is 4.24.